The molecule has 7 nitrogen and oxygen atoms in total. The van der Waals surface area contributed by atoms with Crippen LogP contribution in [0.15, 0.2) is 45.8 Å². The lowest BCUT2D eigenvalue weighted by Crippen LogP contribution is -2.29. The van der Waals surface area contributed by atoms with Gasteiger partial charge in [-0.2, -0.15) is 0 Å². The summed E-state index contributed by atoms with van der Waals surface area (Å²) in [5, 5.41) is 9.55. The lowest BCUT2D eigenvalue weighted by molar-refractivity contribution is 0.0697. The van der Waals surface area contributed by atoms with E-state index in [9.17, 15) is 18.3 Å². The Kier molecular flexibility index (Phi) is 7.82. The molecule has 1 fully saturated rings. The van der Waals surface area contributed by atoms with Crippen molar-refractivity contribution in [1.82, 2.24) is 4.90 Å². The van der Waals surface area contributed by atoms with E-state index in [0.717, 1.165) is 23.9 Å². The van der Waals surface area contributed by atoms with Gasteiger partial charge in [-0.3, -0.25) is 9.21 Å². The number of nitrogens with zero attached hydrogens (tertiary/aromatic N) is 2. The van der Waals surface area contributed by atoms with Gasteiger partial charge in [0, 0.05) is 11.5 Å². The maximum Gasteiger partial charge on any atom is 0.337 e. The molecular formula is C23H25BrN2O5S. The van der Waals surface area contributed by atoms with E-state index < -0.39 is 16.0 Å². The van der Waals surface area contributed by atoms with Crippen LogP contribution in [0.3, 0.4) is 0 Å². The standard InChI is InChI=1S/C23H25BrN2O5S/c1-17-15-18(24)16-21(23(27)28)22(17)25(2)32(29,30)20-9-7-19(8-10-20)31-14-6-5-13-26-11-3-4-12-26/h7-10,15-16H,3-4,11-14H2,1-2H3,(H,27,28). The van der Waals surface area contributed by atoms with Crippen LogP contribution in [0.25, 0.3) is 0 Å². The molecule has 0 aromatic heterocycles. The topological polar surface area (TPSA) is 87.2 Å². The van der Waals surface area contributed by atoms with Gasteiger partial charge in [0.2, 0.25) is 0 Å². The number of carbonyl (C=O) groups is 1. The van der Waals surface area contributed by atoms with Gasteiger partial charge in [-0.15, -0.1) is 0 Å². The minimum absolute atomic E-state index is 0.0334. The molecule has 1 aliphatic heterocycles. The lowest BCUT2D eigenvalue weighted by atomic mass is 10.1. The highest BCUT2D eigenvalue weighted by molar-refractivity contribution is 9.10. The Hall–Kier alpha value is -2.54. The van der Waals surface area contributed by atoms with Crippen molar-refractivity contribution in [1.29, 1.82) is 0 Å². The molecule has 170 valence electrons. The normalized spacial score (nSPS) is 14.0. The smallest absolute Gasteiger partial charge is 0.337 e. The van der Waals surface area contributed by atoms with E-state index in [0.29, 0.717) is 15.8 Å². The minimum atomic E-state index is -3.97. The zero-order chi connectivity index (χ0) is 23.3. The largest absolute Gasteiger partial charge is 0.481 e. The van der Waals surface area contributed by atoms with E-state index >= 15 is 0 Å². The minimum Gasteiger partial charge on any atom is -0.481 e. The molecule has 0 bridgehead atoms. The quantitative estimate of drug-likeness (QED) is 0.559. The Bertz CT molecular complexity index is 1150. The molecular weight excluding hydrogens is 496 g/mol. The van der Waals surface area contributed by atoms with Crippen molar-refractivity contribution in [2.75, 3.05) is 37.6 Å². The van der Waals surface area contributed by atoms with Crippen molar-refractivity contribution in [3.8, 4) is 17.6 Å². The number of anilines is 1. The summed E-state index contributed by atoms with van der Waals surface area (Å²) in [5.74, 6) is 5.36. The number of aromatic carboxylic acids is 1. The third-order valence-corrected chi connectivity index (χ3v) is 7.46. The molecule has 0 saturated carbocycles. The van der Waals surface area contributed by atoms with Gasteiger partial charge < -0.3 is 9.84 Å². The van der Waals surface area contributed by atoms with Crippen molar-refractivity contribution in [3.05, 3.63) is 52.0 Å². The van der Waals surface area contributed by atoms with E-state index in [-0.39, 0.29) is 22.8 Å². The van der Waals surface area contributed by atoms with Gasteiger partial charge in [0.05, 0.1) is 22.7 Å². The lowest BCUT2D eigenvalue weighted by Gasteiger charge is -2.23. The molecule has 9 heteroatoms. The maximum atomic E-state index is 13.1. The molecule has 1 N–H and O–H groups in total. The number of carboxylic acid groups (broad SMARTS) is 1. The fourth-order valence-electron chi connectivity index (χ4n) is 3.58. The number of likely N-dealkylation sites (tertiary alicyclic amines) is 1. The van der Waals surface area contributed by atoms with Crippen LogP contribution in [0.5, 0.6) is 5.75 Å². The monoisotopic (exact) mass is 520 g/mol. The second-order valence-corrected chi connectivity index (χ2v) is 10.4. The summed E-state index contributed by atoms with van der Waals surface area (Å²) in [6.07, 6.45) is 2.45. The van der Waals surface area contributed by atoms with Crippen molar-refractivity contribution < 1.29 is 23.1 Å². The fourth-order valence-corrected chi connectivity index (χ4v) is 5.43. The average molecular weight is 521 g/mol. The van der Waals surface area contributed by atoms with Crippen LogP contribution in [-0.4, -0.2) is 57.7 Å². The Labute approximate surface area is 197 Å². The Morgan fingerprint density at radius 3 is 2.47 bits per heavy atom. The predicted octanol–water partition coefficient (Wildman–Crippen LogP) is 3.76. The number of ether oxygens (including phenoxy) is 1. The molecule has 3 rings (SSSR count). The number of hydrogen-bond donors (Lipinski definition) is 1. The maximum absolute atomic E-state index is 13.1. The average Bonchev–Trinajstić information content (AvgIpc) is 3.26. The van der Waals surface area contributed by atoms with E-state index in [1.54, 1.807) is 25.1 Å². The molecule has 1 saturated heterocycles. The van der Waals surface area contributed by atoms with Crippen LogP contribution in [-0.2, 0) is 10.0 Å². The zero-order valence-electron chi connectivity index (χ0n) is 18.0. The highest BCUT2D eigenvalue weighted by Crippen LogP contribution is 2.32. The first-order valence-corrected chi connectivity index (χ1v) is 12.4. The summed E-state index contributed by atoms with van der Waals surface area (Å²) in [7, 11) is -2.63. The van der Waals surface area contributed by atoms with Gasteiger partial charge in [0.1, 0.15) is 12.4 Å². The highest BCUT2D eigenvalue weighted by atomic mass is 79.9. The van der Waals surface area contributed by atoms with Crippen LogP contribution < -0.4 is 9.04 Å². The van der Waals surface area contributed by atoms with E-state index in [1.165, 1.54) is 38.1 Å². The first-order chi connectivity index (χ1) is 15.2. The summed E-state index contributed by atoms with van der Waals surface area (Å²) >= 11 is 3.26. The molecule has 0 spiro atoms. The SMILES string of the molecule is Cc1cc(Br)cc(C(=O)O)c1N(C)S(=O)(=O)c1ccc(OCC#CCN2CCCC2)cc1. The van der Waals surface area contributed by atoms with Crippen molar-refractivity contribution in [2.24, 2.45) is 0 Å². The second kappa shape index (κ2) is 10.4. The van der Waals surface area contributed by atoms with Gasteiger partial charge in [-0.1, -0.05) is 27.8 Å². The first kappa shape index (κ1) is 24.1. The van der Waals surface area contributed by atoms with Crippen LogP contribution >= 0.6 is 15.9 Å². The molecule has 2 aromatic carbocycles. The van der Waals surface area contributed by atoms with Crippen LogP contribution in [0.1, 0.15) is 28.8 Å². The van der Waals surface area contributed by atoms with E-state index in [1.807, 2.05) is 0 Å². The van der Waals surface area contributed by atoms with Gasteiger partial charge >= 0.3 is 5.97 Å². The van der Waals surface area contributed by atoms with Crippen LogP contribution in [0.2, 0.25) is 0 Å². The van der Waals surface area contributed by atoms with Gasteiger partial charge in [0.15, 0.2) is 0 Å². The number of carboxylic acids is 1. The third kappa shape index (κ3) is 5.63. The summed E-state index contributed by atoms with van der Waals surface area (Å²) in [4.78, 5) is 14.0. The Balaban J connectivity index is 1.71. The second-order valence-electron chi connectivity index (χ2n) is 7.49. The summed E-state index contributed by atoms with van der Waals surface area (Å²) in [5.41, 5.74) is 0.542. The third-order valence-electron chi connectivity index (χ3n) is 5.23. The van der Waals surface area contributed by atoms with E-state index in [4.69, 9.17) is 4.74 Å². The van der Waals surface area contributed by atoms with Crippen molar-refractivity contribution in [3.63, 3.8) is 0 Å². The van der Waals surface area contributed by atoms with E-state index in [2.05, 4.69) is 32.7 Å². The van der Waals surface area contributed by atoms with Gasteiger partial charge in [0.25, 0.3) is 10.0 Å². The van der Waals surface area contributed by atoms with Crippen LogP contribution in [0, 0.1) is 18.8 Å². The summed E-state index contributed by atoms with van der Waals surface area (Å²) < 4.78 is 33.4. The molecule has 0 aliphatic carbocycles. The molecule has 2 aromatic rings. The number of sulfonamides is 1. The first-order valence-electron chi connectivity index (χ1n) is 10.1. The van der Waals surface area contributed by atoms with Gasteiger partial charge in [-0.25, -0.2) is 13.2 Å². The molecule has 0 amide bonds. The molecule has 1 heterocycles. The fraction of sp³-hybridized carbons (Fsp3) is 0.348. The molecule has 0 unspecified atom stereocenters. The number of benzene rings is 2. The molecule has 32 heavy (non-hydrogen) atoms. The molecule has 1 aliphatic rings. The van der Waals surface area contributed by atoms with Crippen molar-refractivity contribution in [2.45, 2.75) is 24.7 Å². The molecule has 0 radical (unpaired) electrons. The predicted molar refractivity (Wildman–Crippen MR) is 127 cm³/mol. The number of halogens is 1. The Morgan fingerprint density at radius 1 is 1.19 bits per heavy atom. The number of aryl methyl sites for hydroxylation is 1. The van der Waals surface area contributed by atoms with Crippen molar-refractivity contribution >= 4 is 37.6 Å². The zero-order valence-corrected chi connectivity index (χ0v) is 20.4. The van der Waals surface area contributed by atoms with Crippen LogP contribution in [0.4, 0.5) is 5.69 Å². The summed E-state index contributed by atoms with van der Waals surface area (Å²) in [6.45, 7) is 4.81. The number of rotatable bonds is 7. The number of hydrogen-bond acceptors (Lipinski definition) is 5. The molecule has 0 atom stereocenters. The summed E-state index contributed by atoms with van der Waals surface area (Å²) in [6, 6.07) is 9.07. The van der Waals surface area contributed by atoms with Gasteiger partial charge in [-0.05, 0) is 74.8 Å². The Morgan fingerprint density at radius 2 is 1.84 bits per heavy atom. The highest BCUT2D eigenvalue weighted by Gasteiger charge is 2.27.